The molecule has 0 atom stereocenters. The Hall–Kier alpha value is -1.52. The third kappa shape index (κ3) is 4.22. The molecule has 0 saturated heterocycles. The average Bonchev–Trinajstić information content (AvgIpc) is 2.47. The van der Waals surface area contributed by atoms with Crippen LogP contribution in [-0.2, 0) is 13.2 Å². The van der Waals surface area contributed by atoms with Crippen LogP contribution < -0.4 is 14.8 Å². The molecule has 0 bridgehead atoms. The Morgan fingerprint density at radius 3 is 2.52 bits per heavy atom. The van der Waals surface area contributed by atoms with Crippen LogP contribution in [0.4, 0.5) is 0 Å². The van der Waals surface area contributed by atoms with E-state index in [2.05, 4.69) is 40.3 Å². The summed E-state index contributed by atoms with van der Waals surface area (Å²) in [6.45, 7) is 3.32. The highest BCUT2D eigenvalue weighted by Gasteiger charge is 2.08. The molecule has 0 radical (unpaired) electrons. The van der Waals surface area contributed by atoms with Gasteiger partial charge in [-0.1, -0.05) is 27.6 Å². The molecular weight excluding hydrogens is 330 g/mol. The lowest BCUT2D eigenvalue weighted by Crippen LogP contribution is -2.08. The van der Waals surface area contributed by atoms with Crippen molar-refractivity contribution in [1.29, 1.82) is 0 Å². The lowest BCUT2D eigenvalue weighted by molar-refractivity contribution is 0.293. The van der Waals surface area contributed by atoms with Gasteiger partial charge < -0.3 is 14.8 Å². The van der Waals surface area contributed by atoms with Gasteiger partial charge in [-0.2, -0.15) is 0 Å². The predicted octanol–water partition coefficient (Wildman–Crippen LogP) is 4.06. The van der Waals surface area contributed by atoms with Gasteiger partial charge in [-0.3, -0.25) is 0 Å². The molecule has 0 aliphatic carbocycles. The molecule has 4 heteroatoms. The first-order valence-corrected chi connectivity index (χ1v) is 7.62. The Kier molecular flexibility index (Phi) is 5.65. The molecule has 0 heterocycles. The molecule has 2 aromatic carbocycles. The van der Waals surface area contributed by atoms with Crippen molar-refractivity contribution in [1.82, 2.24) is 5.32 Å². The summed E-state index contributed by atoms with van der Waals surface area (Å²) in [6, 6.07) is 12.1. The van der Waals surface area contributed by atoms with Gasteiger partial charge in [-0.25, -0.2) is 0 Å². The summed E-state index contributed by atoms with van der Waals surface area (Å²) < 4.78 is 12.4. The molecule has 112 valence electrons. The zero-order valence-electron chi connectivity index (χ0n) is 12.6. The van der Waals surface area contributed by atoms with Crippen LogP contribution in [0.1, 0.15) is 16.7 Å². The van der Waals surface area contributed by atoms with E-state index in [0.717, 1.165) is 33.6 Å². The molecule has 21 heavy (non-hydrogen) atoms. The number of hydrogen-bond donors (Lipinski definition) is 1. The molecule has 0 amide bonds. The minimum Gasteiger partial charge on any atom is -0.496 e. The van der Waals surface area contributed by atoms with E-state index >= 15 is 0 Å². The van der Waals surface area contributed by atoms with E-state index in [9.17, 15) is 0 Å². The minimum absolute atomic E-state index is 0.489. The number of ether oxygens (including phenoxy) is 2. The third-order valence-corrected chi connectivity index (χ3v) is 3.70. The highest BCUT2D eigenvalue weighted by Crippen LogP contribution is 2.26. The molecule has 0 aromatic heterocycles. The summed E-state index contributed by atoms with van der Waals surface area (Å²) in [6.07, 6.45) is 0. The molecule has 2 rings (SSSR count). The molecule has 0 unspecified atom stereocenters. The van der Waals surface area contributed by atoms with Crippen molar-refractivity contribution < 1.29 is 9.47 Å². The Morgan fingerprint density at radius 2 is 1.81 bits per heavy atom. The fourth-order valence-corrected chi connectivity index (χ4v) is 2.60. The van der Waals surface area contributed by atoms with Gasteiger partial charge in [-0.15, -0.1) is 0 Å². The van der Waals surface area contributed by atoms with Crippen LogP contribution in [0, 0.1) is 6.92 Å². The fraction of sp³-hybridized carbons (Fsp3) is 0.294. The molecule has 0 fully saturated rings. The number of aryl methyl sites for hydroxylation is 1. The molecule has 3 nitrogen and oxygen atoms in total. The summed E-state index contributed by atoms with van der Waals surface area (Å²) >= 11 is 3.49. The highest BCUT2D eigenvalue weighted by atomic mass is 79.9. The van der Waals surface area contributed by atoms with E-state index in [1.165, 1.54) is 5.56 Å². The Bertz CT molecular complexity index is 614. The summed E-state index contributed by atoms with van der Waals surface area (Å²) in [5, 5.41) is 3.16. The van der Waals surface area contributed by atoms with Gasteiger partial charge in [0.1, 0.15) is 18.1 Å². The van der Waals surface area contributed by atoms with Gasteiger partial charge in [-0.05, 0) is 44.3 Å². The smallest absolute Gasteiger partial charge is 0.125 e. The third-order valence-electron chi connectivity index (χ3n) is 3.21. The van der Waals surface area contributed by atoms with Crippen LogP contribution in [0.15, 0.2) is 40.9 Å². The van der Waals surface area contributed by atoms with Crippen molar-refractivity contribution >= 4 is 15.9 Å². The second kappa shape index (κ2) is 7.48. The Morgan fingerprint density at radius 1 is 1.05 bits per heavy atom. The molecule has 0 spiro atoms. The van der Waals surface area contributed by atoms with E-state index in [4.69, 9.17) is 9.47 Å². The predicted molar refractivity (Wildman–Crippen MR) is 89.0 cm³/mol. The summed E-state index contributed by atoms with van der Waals surface area (Å²) in [5.74, 6) is 1.74. The van der Waals surface area contributed by atoms with Crippen molar-refractivity contribution in [3.8, 4) is 11.5 Å². The first-order valence-electron chi connectivity index (χ1n) is 6.83. The topological polar surface area (TPSA) is 30.5 Å². The molecule has 1 N–H and O–H groups in total. The molecule has 0 aliphatic heterocycles. The number of nitrogens with one attached hydrogen (secondary N) is 1. The van der Waals surface area contributed by atoms with Gasteiger partial charge >= 0.3 is 0 Å². The first kappa shape index (κ1) is 15.9. The molecule has 0 aliphatic rings. The Labute approximate surface area is 134 Å². The van der Waals surface area contributed by atoms with Gasteiger partial charge in [0.25, 0.3) is 0 Å². The molecule has 2 aromatic rings. The van der Waals surface area contributed by atoms with Gasteiger partial charge in [0.05, 0.1) is 7.11 Å². The number of rotatable bonds is 6. The number of benzene rings is 2. The largest absolute Gasteiger partial charge is 0.496 e. The summed E-state index contributed by atoms with van der Waals surface area (Å²) in [4.78, 5) is 0. The molecular formula is C17H20BrNO2. The van der Waals surface area contributed by atoms with Crippen molar-refractivity contribution in [3.05, 3.63) is 57.6 Å². The quantitative estimate of drug-likeness (QED) is 0.852. The van der Waals surface area contributed by atoms with E-state index in [0.29, 0.717) is 6.61 Å². The van der Waals surface area contributed by atoms with E-state index in [-0.39, 0.29) is 0 Å². The van der Waals surface area contributed by atoms with E-state index < -0.39 is 0 Å². The maximum atomic E-state index is 5.99. The normalized spacial score (nSPS) is 10.5. The monoisotopic (exact) mass is 349 g/mol. The van der Waals surface area contributed by atoms with Crippen LogP contribution >= 0.6 is 15.9 Å². The number of halogens is 1. The van der Waals surface area contributed by atoms with Crippen molar-refractivity contribution in [2.24, 2.45) is 0 Å². The van der Waals surface area contributed by atoms with Crippen LogP contribution in [0.5, 0.6) is 11.5 Å². The summed E-state index contributed by atoms with van der Waals surface area (Å²) in [7, 11) is 3.61. The van der Waals surface area contributed by atoms with Crippen molar-refractivity contribution in [2.45, 2.75) is 20.1 Å². The Balaban J connectivity index is 2.18. The first-order chi connectivity index (χ1) is 10.1. The maximum absolute atomic E-state index is 5.99. The zero-order valence-corrected chi connectivity index (χ0v) is 14.2. The second-order valence-electron chi connectivity index (χ2n) is 4.89. The van der Waals surface area contributed by atoms with Crippen LogP contribution in [0.3, 0.4) is 0 Å². The SMILES string of the molecule is CNCc1cc(Br)ccc1OCc1cc(C)ccc1OC. The van der Waals surface area contributed by atoms with Gasteiger partial charge in [0.15, 0.2) is 0 Å². The van der Waals surface area contributed by atoms with Crippen LogP contribution in [0.2, 0.25) is 0 Å². The summed E-state index contributed by atoms with van der Waals surface area (Å²) in [5.41, 5.74) is 3.37. The van der Waals surface area contributed by atoms with Gasteiger partial charge in [0, 0.05) is 22.1 Å². The van der Waals surface area contributed by atoms with Gasteiger partial charge in [0.2, 0.25) is 0 Å². The average molecular weight is 350 g/mol. The standard InChI is InChI=1S/C17H20BrNO2/c1-12-4-6-16(20-3)14(8-12)11-21-17-7-5-15(18)9-13(17)10-19-2/h4-9,19H,10-11H2,1-3H3. The molecule has 0 saturated carbocycles. The van der Waals surface area contributed by atoms with Crippen molar-refractivity contribution in [2.75, 3.05) is 14.2 Å². The highest BCUT2D eigenvalue weighted by molar-refractivity contribution is 9.10. The minimum atomic E-state index is 0.489. The lowest BCUT2D eigenvalue weighted by atomic mass is 10.1. The van der Waals surface area contributed by atoms with E-state index in [1.54, 1.807) is 7.11 Å². The van der Waals surface area contributed by atoms with Crippen LogP contribution in [-0.4, -0.2) is 14.2 Å². The number of hydrogen-bond acceptors (Lipinski definition) is 3. The van der Waals surface area contributed by atoms with Crippen LogP contribution in [0.25, 0.3) is 0 Å². The fourth-order valence-electron chi connectivity index (χ4n) is 2.19. The number of methoxy groups -OCH3 is 1. The second-order valence-corrected chi connectivity index (χ2v) is 5.80. The maximum Gasteiger partial charge on any atom is 0.125 e. The zero-order chi connectivity index (χ0) is 15.2. The lowest BCUT2D eigenvalue weighted by Gasteiger charge is -2.14. The van der Waals surface area contributed by atoms with Crippen molar-refractivity contribution in [3.63, 3.8) is 0 Å². The van der Waals surface area contributed by atoms with E-state index in [1.807, 2.05) is 31.3 Å².